The zero-order chi connectivity index (χ0) is 25.8. The van der Waals surface area contributed by atoms with Gasteiger partial charge in [-0.1, -0.05) is 0 Å². The number of halogens is 5. The lowest BCUT2D eigenvalue weighted by Crippen LogP contribution is -2.36. The number of anilines is 1. The first kappa shape index (κ1) is 24.3. The molecule has 35 heavy (non-hydrogen) atoms. The van der Waals surface area contributed by atoms with Gasteiger partial charge in [0.15, 0.2) is 5.13 Å². The van der Waals surface area contributed by atoms with E-state index in [0.717, 1.165) is 20.5 Å². The molecule has 0 unspecified atom stereocenters. The zero-order valence-electron chi connectivity index (χ0n) is 18.2. The van der Waals surface area contributed by atoms with Crippen LogP contribution in [0.4, 0.5) is 27.1 Å². The van der Waals surface area contributed by atoms with Crippen molar-refractivity contribution in [3.05, 3.63) is 66.9 Å². The fourth-order valence-electron chi connectivity index (χ4n) is 3.54. The standard InChI is InChI=1S/C21H15F5N4O4S/c1-8-9(16-17(32)29(2)20(33)30(3)18(16)34-8)5-15(31)28-19-27-14(7-35-19)10-4-13(23)11(6-12(10)22)21(24,25)26/h4,6-7H,5H2,1-3H3,(H,27,28,31). The van der Waals surface area contributed by atoms with E-state index in [1.165, 1.54) is 26.4 Å². The number of rotatable bonds is 4. The summed E-state index contributed by atoms with van der Waals surface area (Å²) in [5.74, 6) is -3.38. The van der Waals surface area contributed by atoms with Crippen molar-refractivity contribution in [2.24, 2.45) is 14.1 Å². The van der Waals surface area contributed by atoms with E-state index in [1.54, 1.807) is 0 Å². The SMILES string of the molecule is Cc1oc2c(c1CC(=O)Nc1nc(-c3cc(F)c(C(F)(F)F)cc3F)cs1)c(=O)n(C)c(=O)n2C. The van der Waals surface area contributed by atoms with Crippen LogP contribution in [-0.2, 0) is 31.5 Å². The summed E-state index contributed by atoms with van der Waals surface area (Å²) in [7, 11) is 2.70. The number of aryl methyl sites for hydroxylation is 2. The molecule has 0 saturated carbocycles. The van der Waals surface area contributed by atoms with Gasteiger partial charge in [0.1, 0.15) is 22.8 Å². The molecule has 0 saturated heterocycles. The summed E-state index contributed by atoms with van der Waals surface area (Å²) in [5.41, 5.74) is -3.41. The fourth-order valence-corrected chi connectivity index (χ4v) is 4.26. The van der Waals surface area contributed by atoms with Gasteiger partial charge in [0, 0.05) is 30.6 Å². The predicted molar refractivity (Wildman–Crippen MR) is 116 cm³/mol. The molecule has 0 spiro atoms. The van der Waals surface area contributed by atoms with Crippen molar-refractivity contribution in [1.82, 2.24) is 14.1 Å². The average molecular weight is 514 g/mol. The van der Waals surface area contributed by atoms with Crippen LogP contribution in [0.15, 0.2) is 31.5 Å². The third kappa shape index (κ3) is 4.24. The molecular weight excluding hydrogens is 499 g/mol. The predicted octanol–water partition coefficient (Wildman–Crippen LogP) is 3.74. The summed E-state index contributed by atoms with van der Waals surface area (Å²) in [6.45, 7) is 1.52. The van der Waals surface area contributed by atoms with Crippen LogP contribution < -0.4 is 16.6 Å². The van der Waals surface area contributed by atoms with Crippen LogP contribution >= 0.6 is 11.3 Å². The first-order chi connectivity index (χ1) is 16.3. The van der Waals surface area contributed by atoms with Gasteiger partial charge in [0.2, 0.25) is 11.6 Å². The van der Waals surface area contributed by atoms with Gasteiger partial charge in [-0.3, -0.25) is 18.7 Å². The largest absolute Gasteiger partial charge is 0.444 e. The second kappa shape index (κ2) is 8.45. The van der Waals surface area contributed by atoms with Crippen molar-refractivity contribution in [1.29, 1.82) is 0 Å². The van der Waals surface area contributed by atoms with Gasteiger partial charge in [-0.05, 0) is 19.1 Å². The Balaban J connectivity index is 1.60. The summed E-state index contributed by atoms with van der Waals surface area (Å²) in [4.78, 5) is 41.3. The van der Waals surface area contributed by atoms with Crippen molar-refractivity contribution in [2.45, 2.75) is 19.5 Å². The molecule has 1 aromatic carbocycles. The third-order valence-corrected chi connectivity index (χ3v) is 6.07. The number of nitrogens with zero attached hydrogens (tertiary/aromatic N) is 3. The number of nitrogens with one attached hydrogen (secondary N) is 1. The first-order valence-corrected chi connectivity index (χ1v) is 10.7. The topological polar surface area (TPSA) is 99.1 Å². The van der Waals surface area contributed by atoms with Gasteiger partial charge in [0.05, 0.1) is 17.7 Å². The van der Waals surface area contributed by atoms with Crippen molar-refractivity contribution < 1.29 is 31.2 Å². The maximum Gasteiger partial charge on any atom is 0.419 e. The Morgan fingerprint density at radius 2 is 1.83 bits per heavy atom. The number of benzene rings is 1. The Hall–Kier alpha value is -3.81. The number of aromatic nitrogens is 3. The van der Waals surface area contributed by atoms with E-state index in [-0.39, 0.29) is 45.7 Å². The number of hydrogen-bond donors (Lipinski definition) is 1. The van der Waals surface area contributed by atoms with Crippen LogP contribution in [0.1, 0.15) is 16.9 Å². The molecule has 0 bridgehead atoms. The van der Waals surface area contributed by atoms with E-state index in [9.17, 15) is 36.3 Å². The molecule has 3 heterocycles. The highest BCUT2D eigenvalue weighted by Gasteiger charge is 2.35. The third-order valence-electron chi connectivity index (χ3n) is 5.31. The van der Waals surface area contributed by atoms with E-state index in [0.29, 0.717) is 6.07 Å². The van der Waals surface area contributed by atoms with Gasteiger partial charge in [0.25, 0.3) is 5.56 Å². The van der Waals surface area contributed by atoms with E-state index in [2.05, 4.69) is 10.3 Å². The van der Waals surface area contributed by atoms with Crippen molar-refractivity contribution in [2.75, 3.05) is 5.32 Å². The van der Waals surface area contributed by atoms with Crippen LogP contribution in [0.3, 0.4) is 0 Å². The maximum absolute atomic E-state index is 14.2. The molecule has 3 aromatic heterocycles. The number of fused-ring (bicyclic) bond motifs is 1. The molecule has 8 nitrogen and oxygen atoms in total. The molecular formula is C21H15F5N4O4S. The molecule has 0 aliphatic heterocycles. The van der Waals surface area contributed by atoms with Crippen LogP contribution in [0, 0.1) is 18.6 Å². The second-order valence-electron chi connectivity index (χ2n) is 7.60. The second-order valence-corrected chi connectivity index (χ2v) is 8.45. The molecule has 0 aliphatic rings. The lowest BCUT2D eigenvalue weighted by Gasteiger charge is -2.09. The Bertz CT molecular complexity index is 1610. The van der Waals surface area contributed by atoms with Crippen molar-refractivity contribution in [3.8, 4) is 11.3 Å². The molecule has 0 radical (unpaired) electrons. The van der Waals surface area contributed by atoms with E-state index < -0.39 is 46.1 Å². The van der Waals surface area contributed by atoms with Gasteiger partial charge in [-0.15, -0.1) is 11.3 Å². The first-order valence-electron chi connectivity index (χ1n) is 9.79. The number of alkyl halides is 3. The van der Waals surface area contributed by atoms with Crippen LogP contribution in [-0.4, -0.2) is 20.0 Å². The van der Waals surface area contributed by atoms with Gasteiger partial charge < -0.3 is 9.73 Å². The number of carbonyl (C=O) groups is 1. The highest BCUT2D eigenvalue weighted by atomic mass is 32.1. The quantitative estimate of drug-likeness (QED) is 0.419. The summed E-state index contributed by atoms with van der Waals surface area (Å²) in [6.07, 6.45) is -5.39. The monoisotopic (exact) mass is 514 g/mol. The molecule has 14 heteroatoms. The van der Waals surface area contributed by atoms with Gasteiger partial charge in [-0.25, -0.2) is 18.6 Å². The minimum atomic E-state index is -5.06. The van der Waals surface area contributed by atoms with Gasteiger partial charge >= 0.3 is 11.9 Å². The summed E-state index contributed by atoms with van der Waals surface area (Å²) >= 11 is 0.838. The molecule has 0 fully saturated rings. The van der Waals surface area contributed by atoms with Crippen molar-refractivity contribution in [3.63, 3.8) is 0 Å². The van der Waals surface area contributed by atoms with Crippen LogP contribution in [0.25, 0.3) is 22.4 Å². The smallest absolute Gasteiger partial charge is 0.419 e. The molecule has 1 amide bonds. The van der Waals surface area contributed by atoms with Crippen LogP contribution in [0.5, 0.6) is 0 Å². The number of hydrogen-bond acceptors (Lipinski definition) is 6. The maximum atomic E-state index is 14.2. The molecule has 1 N–H and O–H groups in total. The Morgan fingerprint density at radius 3 is 2.49 bits per heavy atom. The highest BCUT2D eigenvalue weighted by Crippen LogP contribution is 2.36. The number of furan rings is 1. The summed E-state index contributed by atoms with van der Waals surface area (Å²) in [6, 6.07) is 0.433. The average Bonchev–Trinajstić information content (AvgIpc) is 3.36. The van der Waals surface area contributed by atoms with E-state index in [1.807, 2.05) is 0 Å². The normalized spacial score (nSPS) is 11.9. The molecule has 0 atom stereocenters. The summed E-state index contributed by atoms with van der Waals surface area (Å²) < 4.78 is 74.0. The Morgan fingerprint density at radius 1 is 1.14 bits per heavy atom. The lowest BCUT2D eigenvalue weighted by atomic mass is 10.1. The number of thiazole rings is 1. The molecule has 4 aromatic rings. The van der Waals surface area contributed by atoms with Crippen molar-refractivity contribution >= 4 is 33.5 Å². The van der Waals surface area contributed by atoms with Crippen LogP contribution in [0.2, 0.25) is 0 Å². The summed E-state index contributed by atoms with van der Waals surface area (Å²) in [5, 5.41) is 3.71. The highest BCUT2D eigenvalue weighted by molar-refractivity contribution is 7.14. The number of carbonyl (C=O) groups excluding carboxylic acids is 1. The molecule has 0 aliphatic carbocycles. The minimum Gasteiger partial charge on any atom is -0.444 e. The lowest BCUT2D eigenvalue weighted by molar-refractivity contribution is -0.140. The minimum absolute atomic E-state index is 0.00902. The molecule has 4 rings (SSSR count). The number of amides is 1. The zero-order valence-corrected chi connectivity index (χ0v) is 19.0. The fraction of sp³-hybridized carbons (Fsp3) is 0.238. The van der Waals surface area contributed by atoms with E-state index >= 15 is 0 Å². The molecule has 184 valence electrons. The Kier molecular flexibility index (Phi) is 5.87. The van der Waals surface area contributed by atoms with Gasteiger partial charge in [-0.2, -0.15) is 13.2 Å². The van der Waals surface area contributed by atoms with E-state index in [4.69, 9.17) is 4.42 Å². The Labute approximate surface area is 196 Å².